The van der Waals surface area contributed by atoms with Gasteiger partial charge in [0.15, 0.2) is 0 Å². The summed E-state index contributed by atoms with van der Waals surface area (Å²) in [4.78, 5) is 24.9. The minimum atomic E-state index is -0.720. The number of hydrogen-bond acceptors (Lipinski definition) is 5. The van der Waals surface area contributed by atoms with Gasteiger partial charge in [-0.25, -0.2) is 0 Å². The first-order valence-corrected chi connectivity index (χ1v) is 6.94. The fraction of sp³-hybridized carbons (Fsp3) is 0.846. The number of nitrogens with two attached hydrogens (primary N) is 2. The predicted octanol–water partition coefficient (Wildman–Crippen LogP) is -0.530. The molecule has 0 fully saturated rings. The molecule has 19 heavy (non-hydrogen) atoms. The van der Waals surface area contributed by atoms with Crippen molar-refractivity contribution in [3.05, 3.63) is 0 Å². The Labute approximate surface area is 115 Å². The maximum atomic E-state index is 11.6. The number of carbonyl (C=O) groups is 2. The molecule has 0 rings (SSSR count). The van der Waals surface area contributed by atoms with Crippen molar-refractivity contribution in [2.45, 2.75) is 38.6 Å². The summed E-state index contributed by atoms with van der Waals surface area (Å²) < 4.78 is 0. The van der Waals surface area contributed by atoms with Gasteiger partial charge in [0.2, 0.25) is 5.91 Å². The van der Waals surface area contributed by atoms with Crippen molar-refractivity contribution in [3.63, 3.8) is 0 Å². The van der Waals surface area contributed by atoms with Crippen LogP contribution in [0.2, 0.25) is 0 Å². The van der Waals surface area contributed by atoms with Gasteiger partial charge >= 0.3 is 0 Å². The van der Waals surface area contributed by atoms with Gasteiger partial charge in [0, 0.05) is 19.4 Å². The zero-order valence-corrected chi connectivity index (χ0v) is 12.2. The highest BCUT2D eigenvalue weighted by Gasteiger charge is 2.15. The van der Waals surface area contributed by atoms with Crippen molar-refractivity contribution in [2.75, 3.05) is 33.2 Å². The average Bonchev–Trinajstić information content (AvgIpc) is 2.40. The standard InChI is InChI=1S/C13H28N4O2/c1-3-11(18)10-12(15)13(19)16-7-5-9-17(2)8-4-6-14/h12H,3-10,14-15H2,1-2H3,(H,16,19). The summed E-state index contributed by atoms with van der Waals surface area (Å²) in [6.07, 6.45) is 2.39. The van der Waals surface area contributed by atoms with Gasteiger partial charge in [-0.15, -0.1) is 0 Å². The van der Waals surface area contributed by atoms with E-state index in [-0.39, 0.29) is 18.1 Å². The van der Waals surface area contributed by atoms with E-state index in [1.165, 1.54) is 0 Å². The molecule has 0 saturated carbocycles. The second-order valence-corrected chi connectivity index (χ2v) is 4.79. The van der Waals surface area contributed by atoms with Gasteiger partial charge < -0.3 is 21.7 Å². The van der Waals surface area contributed by atoms with Crippen LogP contribution in [0.25, 0.3) is 0 Å². The first-order chi connectivity index (χ1) is 9.01. The quantitative estimate of drug-likeness (QED) is 0.439. The second-order valence-electron chi connectivity index (χ2n) is 4.79. The molecule has 0 radical (unpaired) electrons. The molecule has 0 aromatic carbocycles. The highest BCUT2D eigenvalue weighted by molar-refractivity contribution is 5.88. The van der Waals surface area contributed by atoms with E-state index >= 15 is 0 Å². The summed E-state index contributed by atoms with van der Waals surface area (Å²) in [6.45, 7) is 4.92. The van der Waals surface area contributed by atoms with Crippen LogP contribution in [0.3, 0.4) is 0 Å². The Morgan fingerprint density at radius 2 is 1.89 bits per heavy atom. The molecule has 1 unspecified atom stereocenters. The van der Waals surface area contributed by atoms with Crippen molar-refractivity contribution < 1.29 is 9.59 Å². The number of ketones is 1. The minimum Gasteiger partial charge on any atom is -0.355 e. The Kier molecular flexibility index (Phi) is 10.3. The molecule has 0 aliphatic heterocycles. The second kappa shape index (κ2) is 10.9. The Morgan fingerprint density at radius 3 is 2.47 bits per heavy atom. The first kappa shape index (κ1) is 18.0. The fourth-order valence-corrected chi connectivity index (χ4v) is 1.65. The van der Waals surface area contributed by atoms with E-state index in [4.69, 9.17) is 11.5 Å². The summed E-state index contributed by atoms with van der Waals surface area (Å²) in [5.41, 5.74) is 11.1. The van der Waals surface area contributed by atoms with Crippen molar-refractivity contribution in [3.8, 4) is 0 Å². The number of nitrogens with zero attached hydrogens (tertiary/aromatic N) is 1. The van der Waals surface area contributed by atoms with Crippen molar-refractivity contribution in [1.29, 1.82) is 0 Å². The molecule has 6 nitrogen and oxygen atoms in total. The van der Waals surface area contributed by atoms with Crippen LogP contribution in [0.15, 0.2) is 0 Å². The summed E-state index contributed by atoms with van der Waals surface area (Å²) in [7, 11) is 2.03. The Morgan fingerprint density at radius 1 is 1.26 bits per heavy atom. The predicted molar refractivity (Wildman–Crippen MR) is 76.7 cm³/mol. The first-order valence-electron chi connectivity index (χ1n) is 6.94. The molecule has 6 heteroatoms. The van der Waals surface area contributed by atoms with Gasteiger partial charge in [0.25, 0.3) is 0 Å². The zero-order chi connectivity index (χ0) is 14.7. The molecular formula is C13H28N4O2. The molecule has 1 atom stereocenters. The zero-order valence-electron chi connectivity index (χ0n) is 12.2. The van der Waals surface area contributed by atoms with Gasteiger partial charge in [-0.05, 0) is 39.5 Å². The average molecular weight is 272 g/mol. The fourth-order valence-electron chi connectivity index (χ4n) is 1.65. The SMILES string of the molecule is CCC(=O)CC(N)C(=O)NCCCN(C)CCCN. The van der Waals surface area contributed by atoms with Crippen molar-refractivity contribution in [2.24, 2.45) is 11.5 Å². The molecule has 1 amide bonds. The third-order valence-electron chi connectivity index (χ3n) is 2.94. The Bertz CT molecular complexity index is 271. The summed E-state index contributed by atoms with van der Waals surface area (Å²) in [5.74, 6) is -0.226. The highest BCUT2D eigenvalue weighted by Crippen LogP contribution is 1.94. The van der Waals surface area contributed by atoms with E-state index < -0.39 is 6.04 Å². The lowest BCUT2D eigenvalue weighted by Gasteiger charge is -2.16. The van der Waals surface area contributed by atoms with E-state index in [1.54, 1.807) is 6.92 Å². The van der Waals surface area contributed by atoms with Crippen LogP contribution in [-0.4, -0.2) is 55.9 Å². The molecular weight excluding hydrogens is 244 g/mol. The lowest BCUT2D eigenvalue weighted by atomic mass is 10.1. The van der Waals surface area contributed by atoms with Crippen LogP contribution < -0.4 is 16.8 Å². The molecule has 0 bridgehead atoms. The number of hydrogen-bond donors (Lipinski definition) is 3. The van der Waals surface area contributed by atoms with Crippen LogP contribution in [0, 0.1) is 0 Å². The third kappa shape index (κ3) is 9.58. The lowest BCUT2D eigenvalue weighted by molar-refractivity contribution is -0.126. The minimum absolute atomic E-state index is 0.0177. The number of amides is 1. The van der Waals surface area contributed by atoms with Crippen LogP contribution in [0.5, 0.6) is 0 Å². The normalized spacial score (nSPS) is 12.5. The maximum Gasteiger partial charge on any atom is 0.237 e. The number of Topliss-reactive ketones (excluding diaryl/α,β-unsaturated/α-hetero) is 1. The molecule has 0 aromatic heterocycles. The van der Waals surface area contributed by atoms with Gasteiger partial charge in [0.05, 0.1) is 6.04 Å². The highest BCUT2D eigenvalue weighted by atomic mass is 16.2. The summed E-state index contributed by atoms with van der Waals surface area (Å²) in [5, 5.41) is 2.76. The van der Waals surface area contributed by atoms with E-state index in [9.17, 15) is 9.59 Å². The summed E-state index contributed by atoms with van der Waals surface area (Å²) in [6, 6.07) is -0.720. The number of nitrogens with one attached hydrogen (secondary N) is 1. The van der Waals surface area contributed by atoms with E-state index in [0.717, 1.165) is 25.9 Å². The lowest BCUT2D eigenvalue weighted by Crippen LogP contribution is -2.42. The van der Waals surface area contributed by atoms with E-state index in [1.807, 2.05) is 7.05 Å². The molecule has 0 spiro atoms. The molecule has 0 heterocycles. The van der Waals surface area contributed by atoms with E-state index in [2.05, 4.69) is 10.2 Å². The van der Waals surface area contributed by atoms with Gasteiger partial charge in [-0.1, -0.05) is 6.92 Å². The largest absolute Gasteiger partial charge is 0.355 e. The van der Waals surface area contributed by atoms with Crippen molar-refractivity contribution >= 4 is 11.7 Å². The smallest absolute Gasteiger partial charge is 0.237 e. The molecule has 0 aromatic rings. The number of carbonyl (C=O) groups excluding carboxylic acids is 2. The van der Waals surface area contributed by atoms with Crippen LogP contribution in [-0.2, 0) is 9.59 Å². The molecule has 5 N–H and O–H groups in total. The molecule has 0 aliphatic rings. The maximum absolute atomic E-state index is 11.6. The molecule has 0 saturated heterocycles. The topological polar surface area (TPSA) is 101 Å². The van der Waals surface area contributed by atoms with Gasteiger partial charge in [-0.3, -0.25) is 9.59 Å². The summed E-state index contributed by atoms with van der Waals surface area (Å²) >= 11 is 0. The van der Waals surface area contributed by atoms with Crippen LogP contribution in [0.4, 0.5) is 0 Å². The van der Waals surface area contributed by atoms with Crippen LogP contribution >= 0.6 is 0 Å². The van der Waals surface area contributed by atoms with Gasteiger partial charge in [0.1, 0.15) is 5.78 Å². The third-order valence-corrected chi connectivity index (χ3v) is 2.94. The van der Waals surface area contributed by atoms with Crippen molar-refractivity contribution in [1.82, 2.24) is 10.2 Å². The number of rotatable bonds is 11. The van der Waals surface area contributed by atoms with Gasteiger partial charge in [-0.2, -0.15) is 0 Å². The van der Waals surface area contributed by atoms with Crippen LogP contribution in [0.1, 0.15) is 32.6 Å². The molecule has 112 valence electrons. The monoisotopic (exact) mass is 272 g/mol. The van der Waals surface area contributed by atoms with E-state index in [0.29, 0.717) is 19.5 Å². The molecule has 0 aliphatic carbocycles. The Hall–Kier alpha value is -0.980. The Balaban J connectivity index is 3.65.